The van der Waals surface area contributed by atoms with Crippen molar-refractivity contribution in [3.63, 3.8) is 0 Å². The molecule has 0 bridgehead atoms. The highest BCUT2D eigenvalue weighted by molar-refractivity contribution is 7.90. The van der Waals surface area contributed by atoms with Crippen LogP contribution in [-0.2, 0) is 19.6 Å². The van der Waals surface area contributed by atoms with E-state index >= 15 is 0 Å². The number of carbonyl (C=O) groups is 3. The van der Waals surface area contributed by atoms with Crippen LogP contribution in [0.25, 0.3) is 0 Å². The van der Waals surface area contributed by atoms with E-state index in [0.29, 0.717) is 17.0 Å². The lowest BCUT2D eigenvalue weighted by atomic mass is 9.89. The minimum Gasteiger partial charge on any atom is -0.491 e. The first-order valence-corrected chi connectivity index (χ1v) is 16.2. The van der Waals surface area contributed by atoms with Crippen molar-refractivity contribution in [1.29, 1.82) is 0 Å². The summed E-state index contributed by atoms with van der Waals surface area (Å²) in [7, 11) is -1.52. The first kappa shape index (κ1) is 36.6. The van der Waals surface area contributed by atoms with Crippen LogP contribution in [0.3, 0.4) is 0 Å². The summed E-state index contributed by atoms with van der Waals surface area (Å²) in [5, 5.41) is 5.00. The first-order valence-electron chi connectivity index (χ1n) is 14.1. The lowest BCUT2D eigenvalue weighted by Crippen LogP contribution is -2.41. The number of amides is 3. The first-order chi connectivity index (χ1) is 22.1. The number of para-hydroxylation sites is 1. The Hall–Kier alpha value is -4.83. The summed E-state index contributed by atoms with van der Waals surface area (Å²) < 4.78 is 41.7. The molecule has 47 heavy (non-hydrogen) atoms. The molecule has 17 heteroatoms. The second kappa shape index (κ2) is 15.6. The fraction of sp³-hybridized carbons (Fsp3) is 0.367. The maximum Gasteiger partial charge on any atom is 0.338 e. The molecule has 1 aliphatic heterocycles. The molecule has 2 aromatic carbocycles. The largest absolute Gasteiger partial charge is 0.491 e. The van der Waals surface area contributed by atoms with Crippen LogP contribution in [0.2, 0.25) is 0 Å². The smallest absolute Gasteiger partial charge is 0.338 e. The quantitative estimate of drug-likeness (QED) is 0.208. The summed E-state index contributed by atoms with van der Waals surface area (Å²) in [6, 6.07) is 10.1. The van der Waals surface area contributed by atoms with Gasteiger partial charge in [0.1, 0.15) is 34.5 Å². The van der Waals surface area contributed by atoms with Crippen molar-refractivity contribution in [3.05, 3.63) is 65.0 Å². The predicted molar refractivity (Wildman–Crippen MR) is 174 cm³/mol. The Bertz CT molecular complexity index is 1790. The van der Waals surface area contributed by atoms with E-state index in [1.165, 1.54) is 32.4 Å². The topological polar surface area (TPSA) is 200 Å². The van der Waals surface area contributed by atoms with Gasteiger partial charge >= 0.3 is 18.0 Å². The van der Waals surface area contributed by atoms with Crippen LogP contribution in [0.1, 0.15) is 48.1 Å². The monoisotopic (exact) mass is 689 g/mol. The third-order valence-electron chi connectivity index (χ3n) is 6.83. The van der Waals surface area contributed by atoms with Gasteiger partial charge in [-0.05, 0) is 51.0 Å². The minimum atomic E-state index is -4.20. The van der Waals surface area contributed by atoms with Crippen molar-refractivity contribution in [2.24, 2.45) is 10.9 Å². The summed E-state index contributed by atoms with van der Waals surface area (Å²) in [5.74, 6) is 0.282. The molecular weight excluding hydrogens is 654 g/mol. The Morgan fingerprint density at radius 2 is 1.77 bits per heavy atom. The zero-order chi connectivity index (χ0) is 34.9. The second-order valence-corrected chi connectivity index (χ2v) is 12.5. The van der Waals surface area contributed by atoms with E-state index in [1.54, 1.807) is 26.0 Å². The number of nitrogens with zero attached hydrogens (tertiary/aromatic N) is 4. The van der Waals surface area contributed by atoms with Gasteiger partial charge in [0.25, 0.3) is 15.9 Å². The normalized spacial score (nSPS) is 15.5. The molecule has 0 spiro atoms. The van der Waals surface area contributed by atoms with E-state index < -0.39 is 27.6 Å². The van der Waals surface area contributed by atoms with Crippen molar-refractivity contribution in [2.45, 2.75) is 45.1 Å². The van der Waals surface area contributed by atoms with Gasteiger partial charge in [-0.2, -0.15) is 15.0 Å². The number of benzene rings is 2. The van der Waals surface area contributed by atoms with Crippen LogP contribution in [0.15, 0.2) is 52.4 Å². The number of halogens is 1. The van der Waals surface area contributed by atoms with Crippen LogP contribution in [0.5, 0.6) is 11.8 Å². The molecule has 1 aliphatic rings. The van der Waals surface area contributed by atoms with Crippen LogP contribution in [0.4, 0.5) is 10.7 Å². The number of aliphatic imine (C=N–C) groups is 1. The predicted octanol–water partition coefficient (Wildman–Crippen LogP) is 3.39. The van der Waals surface area contributed by atoms with Crippen molar-refractivity contribution in [1.82, 2.24) is 25.0 Å². The Morgan fingerprint density at radius 1 is 1.06 bits per heavy atom. The molecule has 3 N–H and O–H groups in total. The van der Waals surface area contributed by atoms with Crippen molar-refractivity contribution in [3.8, 4) is 11.8 Å². The number of amidine groups is 1. The van der Waals surface area contributed by atoms with Gasteiger partial charge in [-0.3, -0.25) is 15.1 Å². The molecular formula is C30H36ClN7O8S. The van der Waals surface area contributed by atoms with Gasteiger partial charge in [0.05, 0.1) is 25.7 Å². The average molecular weight is 690 g/mol. The highest BCUT2D eigenvalue weighted by atomic mass is 35.5. The molecule has 252 valence electrons. The van der Waals surface area contributed by atoms with Crippen molar-refractivity contribution < 1.29 is 37.0 Å². The third kappa shape index (κ3) is 9.13. The van der Waals surface area contributed by atoms with Gasteiger partial charge in [-0.25, -0.2) is 22.7 Å². The molecule has 0 fully saturated rings. The Kier molecular flexibility index (Phi) is 12.2. The fourth-order valence-electron chi connectivity index (χ4n) is 4.05. The molecule has 3 amide bonds. The Labute approximate surface area is 277 Å². The molecule has 1 aromatic heterocycles. The average Bonchev–Trinajstić information content (AvgIpc) is 3.34. The number of aryl methyl sites for hydroxylation is 2. The van der Waals surface area contributed by atoms with E-state index in [4.69, 9.17) is 25.8 Å². The Morgan fingerprint density at radius 3 is 2.38 bits per heavy atom. The minimum absolute atomic E-state index is 0.0181. The number of carbonyl (C=O) groups excluding carboxylic acids is 3. The molecule has 3 aromatic rings. The number of nitrogens with one attached hydrogen (secondary N) is 3. The molecule has 1 unspecified atom stereocenters. The maximum atomic E-state index is 12.4. The molecule has 15 nitrogen and oxygen atoms in total. The van der Waals surface area contributed by atoms with E-state index in [9.17, 15) is 22.8 Å². The highest BCUT2D eigenvalue weighted by Gasteiger charge is 2.42. The van der Waals surface area contributed by atoms with Crippen molar-refractivity contribution in [2.75, 3.05) is 32.0 Å². The lowest BCUT2D eigenvalue weighted by Gasteiger charge is -2.21. The number of esters is 1. The summed E-state index contributed by atoms with van der Waals surface area (Å²) in [5.41, 5.74) is 1.16. The highest BCUT2D eigenvalue weighted by Crippen LogP contribution is 2.28. The number of alkyl halides is 1. The zero-order valence-corrected chi connectivity index (χ0v) is 28.4. The summed E-state index contributed by atoms with van der Waals surface area (Å²) in [4.78, 5) is 52.0. The van der Waals surface area contributed by atoms with E-state index in [0.717, 1.165) is 5.56 Å². The van der Waals surface area contributed by atoms with Crippen molar-refractivity contribution >= 4 is 51.3 Å². The zero-order valence-electron chi connectivity index (χ0n) is 26.9. The van der Waals surface area contributed by atoms with Gasteiger partial charge in [0.15, 0.2) is 0 Å². The number of anilines is 1. The number of ether oxygens (including phenoxy) is 3. The second-order valence-electron chi connectivity index (χ2n) is 10.5. The van der Waals surface area contributed by atoms with Gasteiger partial charge in [0, 0.05) is 5.56 Å². The van der Waals surface area contributed by atoms with Gasteiger partial charge in [-0.15, -0.1) is 11.6 Å². The molecule has 0 radical (unpaired) electrons. The Balaban J connectivity index is 0.000000261. The summed E-state index contributed by atoms with van der Waals surface area (Å²) >= 11 is 5.55. The standard InChI is InChI=1S/C16H20N2O3.C14H16ClN5O5S/c1-9(2)16(4)15(20)17-13(18-16)12-8-10(3)6-7-11(12)14(19)21-5;1-9-16-12(19-14(17-9)24-2)18-13(21)20-26(22,23)11-6-4-3-5-10(11)25-8-7-15/h6-9H,1-5H3,(H,17,18,20);3-6H,7-8H2,1-2H3,(H2,16,17,18,19,20,21). The van der Waals surface area contributed by atoms with Crippen LogP contribution in [-0.4, -0.2) is 79.4 Å². The van der Waals surface area contributed by atoms with Crippen LogP contribution in [0, 0.1) is 19.8 Å². The van der Waals surface area contributed by atoms with E-state index in [1.807, 2.05) is 37.6 Å². The lowest BCUT2D eigenvalue weighted by molar-refractivity contribution is -0.124. The maximum absolute atomic E-state index is 12.4. The molecule has 0 saturated carbocycles. The molecule has 2 heterocycles. The number of methoxy groups -OCH3 is 2. The van der Waals surface area contributed by atoms with Crippen LogP contribution < -0.4 is 24.8 Å². The number of hydrogen-bond donors (Lipinski definition) is 3. The number of aromatic nitrogens is 3. The van der Waals surface area contributed by atoms with Gasteiger partial charge in [0.2, 0.25) is 5.95 Å². The number of urea groups is 1. The number of hydrogen-bond acceptors (Lipinski definition) is 12. The van der Waals surface area contributed by atoms with E-state index in [2.05, 4.69) is 30.6 Å². The van der Waals surface area contributed by atoms with Gasteiger partial charge in [-0.1, -0.05) is 37.6 Å². The molecule has 4 rings (SSSR count). The summed E-state index contributed by atoms with van der Waals surface area (Å²) in [6.45, 7) is 9.29. The van der Waals surface area contributed by atoms with Crippen LogP contribution >= 0.6 is 11.6 Å². The fourth-order valence-corrected chi connectivity index (χ4v) is 5.19. The molecule has 0 saturated heterocycles. The van der Waals surface area contributed by atoms with E-state index in [-0.39, 0.29) is 52.7 Å². The third-order valence-corrected chi connectivity index (χ3v) is 8.36. The SMILES string of the molecule is COC(=O)c1ccc(C)cc1C1=NC(C)(C(C)C)C(=O)N1.COc1nc(C)nc(NC(=O)NS(=O)(=O)c2ccccc2OCCCl)n1. The summed E-state index contributed by atoms with van der Waals surface area (Å²) in [6.07, 6.45) is 0. The van der Waals surface area contributed by atoms with Gasteiger partial charge < -0.3 is 19.5 Å². The number of rotatable bonds is 10. The molecule has 1 atom stereocenters. The molecule has 0 aliphatic carbocycles. The number of sulfonamides is 1.